The van der Waals surface area contributed by atoms with Gasteiger partial charge in [0.25, 0.3) is 5.91 Å². The molecular weight excluding hydrogens is 311 g/mol. The lowest BCUT2D eigenvalue weighted by molar-refractivity contribution is 0.0698. The van der Waals surface area contributed by atoms with E-state index in [1.165, 1.54) is 0 Å². The number of anilines is 1. The number of rotatable bonds is 3. The van der Waals surface area contributed by atoms with Gasteiger partial charge < -0.3 is 15.1 Å². The summed E-state index contributed by atoms with van der Waals surface area (Å²) in [5.41, 5.74) is 0.718. The zero-order valence-electron chi connectivity index (χ0n) is 12.7. The second-order valence-electron chi connectivity index (χ2n) is 5.18. The fraction of sp³-hybridized carbons (Fsp3) is 0.571. The van der Waals surface area contributed by atoms with Gasteiger partial charge in [0, 0.05) is 45.0 Å². The van der Waals surface area contributed by atoms with Crippen LogP contribution in [-0.2, 0) is 0 Å². The Labute approximate surface area is 138 Å². The van der Waals surface area contributed by atoms with Gasteiger partial charge in [-0.1, -0.05) is 0 Å². The number of aromatic nitrogens is 1. The van der Waals surface area contributed by atoms with Gasteiger partial charge in [0.2, 0.25) is 0 Å². The van der Waals surface area contributed by atoms with Crippen molar-refractivity contribution in [3.05, 3.63) is 23.9 Å². The summed E-state index contributed by atoms with van der Waals surface area (Å²) in [6.45, 7) is 1.63. The average molecular weight is 335 g/mol. The van der Waals surface area contributed by atoms with Crippen LogP contribution in [0.3, 0.4) is 0 Å². The number of amides is 1. The summed E-state index contributed by atoms with van der Waals surface area (Å²) in [4.78, 5) is 20.6. The maximum absolute atomic E-state index is 12.5. The van der Waals surface area contributed by atoms with Gasteiger partial charge in [0.05, 0.1) is 0 Å². The van der Waals surface area contributed by atoms with Crippen LogP contribution in [0, 0.1) is 0 Å². The first kappa shape index (κ1) is 20.0. The van der Waals surface area contributed by atoms with Crippen molar-refractivity contribution in [1.29, 1.82) is 0 Å². The van der Waals surface area contributed by atoms with Crippen molar-refractivity contribution in [1.82, 2.24) is 15.2 Å². The van der Waals surface area contributed by atoms with E-state index in [1.54, 1.807) is 12.3 Å². The Morgan fingerprint density at radius 3 is 2.76 bits per heavy atom. The lowest BCUT2D eigenvalue weighted by Crippen LogP contribution is -2.47. The summed E-state index contributed by atoms with van der Waals surface area (Å²) < 4.78 is 0. The highest BCUT2D eigenvalue weighted by Gasteiger charge is 2.23. The van der Waals surface area contributed by atoms with Crippen LogP contribution in [0.15, 0.2) is 18.3 Å². The molecule has 0 saturated carbocycles. The van der Waals surface area contributed by atoms with E-state index in [-0.39, 0.29) is 30.7 Å². The minimum absolute atomic E-state index is 0. The summed E-state index contributed by atoms with van der Waals surface area (Å²) in [5, 5.41) is 3.26. The molecule has 0 bridgehead atoms. The summed E-state index contributed by atoms with van der Waals surface area (Å²) in [6, 6.07) is 4.05. The van der Waals surface area contributed by atoms with E-state index in [9.17, 15) is 4.79 Å². The van der Waals surface area contributed by atoms with E-state index >= 15 is 0 Å². The molecule has 0 radical (unpaired) electrons. The van der Waals surface area contributed by atoms with Gasteiger partial charge in [-0.15, -0.1) is 24.8 Å². The Morgan fingerprint density at radius 1 is 1.43 bits per heavy atom. The number of likely N-dealkylation sites (N-methyl/N-ethyl adjacent to an activating group) is 1. The maximum Gasteiger partial charge on any atom is 0.254 e. The van der Waals surface area contributed by atoms with E-state index in [1.807, 2.05) is 37.0 Å². The molecule has 2 rings (SSSR count). The largest absolute Gasteiger partial charge is 0.363 e. The van der Waals surface area contributed by atoms with Crippen LogP contribution in [0.2, 0.25) is 0 Å². The minimum Gasteiger partial charge on any atom is -0.363 e. The van der Waals surface area contributed by atoms with Crippen LogP contribution in [0.4, 0.5) is 5.82 Å². The number of nitrogens with zero attached hydrogens (tertiary/aromatic N) is 3. The molecule has 1 aliphatic rings. The predicted octanol–water partition coefficient (Wildman–Crippen LogP) is 1.82. The van der Waals surface area contributed by atoms with E-state index in [2.05, 4.69) is 10.3 Å². The number of carbonyl (C=O) groups excluding carboxylic acids is 1. The molecule has 21 heavy (non-hydrogen) atoms. The third-order valence-corrected chi connectivity index (χ3v) is 3.57. The van der Waals surface area contributed by atoms with Crippen molar-refractivity contribution in [3.63, 3.8) is 0 Å². The van der Waals surface area contributed by atoms with Crippen molar-refractivity contribution < 1.29 is 4.79 Å². The molecule has 1 aliphatic heterocycles. The van der Waals surface area contributed by atoms with Gasteiger partial charge in [-0.3, -0.25) is 4.79 Å². The third-order valence-electron chi connectivity index (χ3n) is 3.57. The predicted molar refractivity (Wildman–Crippen MR) is 91.0 cm³/mol. The van der Waals surface area contributed by atoms with Crippen molar-refractivity contribution in [3.8, 4) is 0 Å². The fourth-order valence-electron chi connectivity index (χ4n) is 2.38. The fourth-order valence-corrected chi connectivity index (χ4v) is 2.38. The summed E-state index contributed by atoms with van der Waals surface area (Å²) in [7, 11) is 5.80. The van der Waals surface area contributed by atoms with Crippen LogP contribution >= 0.6 is 24.8 Å². The van der Waals surface area contributed by atoms with Crippen molar-refractivity contribution >= 4 is 36.5 Å². The molecule has 7 heteroatoms. The number of likely N-dealkylation sites (tertiary alicyclic amines) is 1. The van der Waals surface area contributed by atoms with Crippen molar-refractivity contribution in [2.45, 2.75) is 18.9 Å². The Bertz CT molecular complexity index is 456. The van der Waals surface area contributed by atoms with Crippen molar-refractivity contribution in [2.24, 2.45) is 0 Å². The number of carbonyl (C=O) groups is 1. The molecule has 1 amide bonds. The van der Waals surface area contributed by atoms with Crippen LogP contribution < -0.4 is 10.2 Å². The Balaban J connectivity index is 0.00000200. The molecule has 1 N–H and O–H groups in total. The van der Waals surface area contributed by atoms with E-state index in [0.717, 1.165) is 37.3 Å². The molecule has 5 nitrogen and oxygen atoms in total. The molecule has 1 unspecified atom stereocenters. The van der Waals surface area contributed by atoms with E-state index < -0.39 is 0 Å². The SMILES string of the molecule is CNC1CCCN(C(=O)c2ccnc(N(C)C)c2)C1.Cl.Cl. The number of piperidine rings is 1. The molecule has 120 valence electrons. The zero-order chi connectivity index (χ0) is 13.8. The number of pyridine rings is 1. The van der Waals surface area contributed by atoms with Gasteiger partial charge in [-0.05, 0) is 32.0 Å². The highest BCUT2D eigenvalue weighted by atomic mass is 35.5. The number of halogens is 2. The van der Waals surface area contributed by atoms with Gasteiger partial charge in [0.15, 0.2) is 0 Å². The quantitative estimate of drug-likeness (QED) is 0.915. The smallest absolute Gasteiger partial charge is 0.254 e. The Hall–Kier alpha value is -1.04. The highest BCUT2D eigenvalue weighted by Crippen LogP contribution is 2.16. The van der Waals surface area contributed by atoms with Crippen molar-refractivity contribution in [2.75, 3.05) is 39.1 Å². The third kappa shape index (κ3) is 5.02. The average Bonchev–Trinajstić information content (AvgIpc) is 2.46. The lowest BCUT2D eigenvalue weighted by Gasteiger charge is -2.32. The Kier molecular flexibility index (Phi) is 8.63. The molecule has 1 aromatic rings. The summed E-state index contributed by atoms with van der Waals surface area (Å²) in [5.74, 6) is 0.915. The van der Waals surface area contributed by atoms with E-state index in [4.69, 9.17) is 0 Å². The van der Waals surface area contributed by atoms with Crippen LogP contribution in [0.25, 0.3) is 0 Å². The molecule has 1 aromatic heterocycles. The number of hydrogen-bond acceptors (Lipinski definition) is 4. The summed E-state index contributed by atoms with van der Waals surface area (Å²) >= 11 is 0. The first-order valence-corrected chi connectivity index (χ1v) is 6.71. The number of nitrogens with one attached hydrogen (secondary N) is 1. The first-order chi connectivity index (χ1) is 9.11. The van der Waals surface area contributed by atoms with Crippen LogP contribution in [0.1, 0.15) is 23.2 Å². The topological polar surface area (TPSA) is 48.5 Å². The van der Waals surface area contributed by atoms with E-state index in [0.29, 0.717) is 6.04 Å². The van der Waals surface area contributed by atoms with Gasteiger partial charge >= 0.3 is 0 Å². The molecule has 0 spiro atoms. The molecule has 1 saturated heterocycles. The van der Waals surface area contributed by atoms with Crippen LogP contribution in [0.5, 0.6) is 0 Å². The first-order valence-electron chi connectivity index (χ1n) is 6.71. The second-order valence-corrected chi connectivity index (χ2v) is 5.18. The zero-order valence-corrected chi connectivity index (χ0v) is 14.3. The Morgan fingerprint density at radius 2 is 2.14 bits per heavy atom. The second kappa shape index (κ2) is 9.07. The lowest BCUT2D eigenvalue weighted by atomic mass is 10.0. The standard InChI is InChI=1S/C14H22N4O.2ClH/c1-15-12-5-4-8-18(10-12)14(19)11-6-7-16-13(9-11)17(2)3;;/h6-7,9,12,15H,4-5,8,10H2,1-3H3;2*1H. The normalized spacial score (nSPS) is 17.5. The van der Waals surface area contributed by atoms with Gasteiger partial charge in [-0.25, -0.2) is 4.98 Å². The summed E-state index contributed by atoms with van der Waals surface area (Å²) in [6.07, 6.45) is 3.89. The maximum atomic E-state index is 12.5. The number of hydrogen-bond donors (Lipinski definition) is 1. The monoisotopic (exact) mass is 334 g/mol. The molecule has 1 fully saturated rings. The molecule has 0 aromatic carbocycles. The van der Waals surface area contributed by atoms with Gasteiger partial charge in [-0.2, -0.15) is 0 Å². The van der Waals surface area contributed by atoms with Crippen LogP contribution in [-0.4, -0.2) is 56.1 Å². The molecule has 0 aliphatic carbocycles. The molecular formula is C14H24Cl2N4O. The van der Waals surface area contributed by atoms with Gasteiger partial charge in [0.1, 0.15) is 5.82 Å². The molecule has 1 atom stereocenters. The molecule has 2 heterocycles. The highest BCUT2D eigenvalue weighted by molar-refractivity contribution is 5.95. The minimum atomic E-state index is 0.